The fourth-order valence-corrected chi connectivity index (χ4v) is 3.27. The molecule has 3 N–H and O–H groups in total. The molecule has 0 spiro atoms. The van der Waals surface area contributed by atoms with Gasteiger partial charge in [-0.1, -0.05) is 43.9 Å². The molecule has 1 aromatic carbocycles. The monoisotopic (exact) mass is 315 g/mol. The highest BCUT2D eigenvalue weighted by molar-refractivity contribution is 5.78. The number of aliphatic imine (C=N–C) groups is 1. The summed E-state index contributed by atoms with van der Waals surface area (Å²) < 4.78 is 6.05. The molecule has 0 aliphatic heterocycles. The van der Waals surface area contributed by atoms with Crippen LogP contribution in [0, 0.1) is 0 Å². The predicted octanol–water partition coefficient (Wildman–Crippen LogP) is 3.75. The Balaban J connectivity index is 1.55. The van der Waals surface area contributed by atoms with Crippen LogP contribution in [-0.2, 0) is 6.54 Å². The smallest absolute Gasteiger partial charge is 0.189 e. The van der Waals surface area contributed by atoms with Gasteiger partial charge in [-0.3, -0.25) is 0 Å². The van der Waals surface area contributed by atoms with Gasteiger partial charge in [0.2, 0.25) is 0 Å². The first kappa shape index (κ1) is 16.2. The van der Waals surface area contributed by atoms with Crippen molar-refractivity contribution in [3.8, 4) is 5.75 Å². The van der Waals surface area contributed by atoms with Crippen molar-refractivity contribution in [2.45, 2.75) is 76.5 Å². The highest BCUT2D eigenvalue weighted by Crippen LogP contribution is 2.27. The van der Waals surface area contributed by atoms with Crippen LogP contribution in [0.5, 0.6) is 5.75 Å². The standard InChI is InChI=1S/C19H29N3O/c20-19(22-16-9-3-1-2-4-10-16)21-14-15-8-5-6-13-18(15)23-17-11-7-12-17/h5-6,8,13,16-17H,1-4,7,9-12,14H2,(H3,20,21,22). The Labute approximate surface area is 139 Å². The van der Waals surface area contributed by atoms with E-state index in [2.05, 4.69) is 16.4 Å². The molecule has 4 nitrogen and oxygen atoms in total. The zero-order valence-corrected chi connectivity index (χ0v) is 14.0. The molecule has 2 aliphatic rings. The first-order valence-electron chi connectivity index (χ1n) is 9.12. The van der Waals surface area contributed by atoms with Gasteiger partial charge in [-0.2, -0.15) is 0 Å². The average Bonchev–Trinajstić information content (AvgIpc) is 2.78. The summed E-state index contributed by atoms with van der Waals surface area (Å²) in [7, 11) is 0. The second-order valence-corrected chi connectivity index (χ2v) is 6.81. The Morgan fingerprint density at radius 2 is 1.78 bits per heavy atom. The van der Waals surface area contributed by atoms with E-state index in [0.717, 1.165) is 11.3 Å². The largest absolute Gasteiger partial charge is 0.490 e. The first-order chi connectivity index (χ1) is 11.3. The number of nitrogens with zero attached hydrogens (tertiary/aromatic N) is 1. The number of para-hydroxylation sites is 1. The van der Waals surface area contributed by atoms with E-state index in [9.17, 15) is 0 Å². The molecule has 0 saturated heterocycles. The van der Waals surface area contributed by atoms with Crippen LogP contribution in [0.2, 0.25) is 0 Å². The van der Waals surface area contributed by atoms with Gasteiger partial charge in [0.25, 0.3) is 0 Å². The fourth-order valence-electron chi connectivity index (χ4n) is 3.27. The van der Waals surface area contributed by atoms with Crippen LogP contribution in [0.25, 0.3) is 0 Å². The molecular formula is C19H29N3O. The van der Waals surface area contributed by atoms with Crippen LogP contribution in [0.1, 0.15) is 63.4 Å². The van der Waals surface area contributed by atoms with Crippen molar-refractivity contribution in [2.24, 2.45) is 10.7 Å². The zero-order valence-electron chi connectivity index (χ0n) is 14.0. The SMILES string of the molecule is NC(=NCc1ccccc1OC1CCC1)NC1CCCCCC1. The summed E-state index contributed by atoms with van der Waals surface area (Å²) in [6.07, 6.45) is 11.7. The summed E-state index contributed by atoms with van der Waals surface area (Å²) in [5.41, 5.74) is 7.21. The lowest BCUT2D eigenvalue weighted by Crippen LogP contribution is -2.39. The minimum Gasteiger partial charge on any atom is -0.490 e. The van der Waals surface area contributed by atoms with Gasteiger partial charge in [0.15, 0.2) is 5.96 Å². The third-order valence-corrected chi connectivity index (χ3v) is 4.95. The van der Waals surface area contributed by atoms with Crippen LogP contribution in [-0.4, -0.2) is 18.1 Å². The third kappa shape index (κ3) is 4.88. The average molecular weight is 315 g/mol. The number of hydrogen-bond donors (Lipinski definition) is 2. The Bertz CT molecular complexity index is 517. The lowest BCUT2D eigenvalue weighted by Gasteiger charge is -2.27. The minimum atomic E-state index is 0.390. The van der Waals surface area contributed by atoms with Crippen molar-refractivity contribution >= 4 is 5.96 Å². The van der Waals surface area contributed by atoms with Crippen molar-refractivity contribution in [3.05, 3.63) is 29.8 Å². The van der Waals surface area contributed by atoms with E-state index in [0.29, 0.717) is 24.7 Å². The lowest BCUT2D eigenvalue weighted by molar-refractivity contribution is 0.119. The number of nitrogens with two attached hydrogens (primary N) is 1. The van der Waals surface area contributed by atoms with Crippen molar-refractivity contribution in [2.75, 3.05) is 0 Å². The van der Waals surface area contributed by atoms with Gasteiger partial charge in [0, 0.05) is 11.6 Å². The van der Waals surface area contributed by atoms with E-state index in [1.807, 2.05) is 18.2 Å². The zero-order chi connectivity index (χ0) is 15.9. The van der Waals surface area contributed by atoms with Gasteiger partial charge in [0.1, 0.15) is 5.75 Å². The molecular weight excluding hydrogens is 286 g/mol. The highest BCUT2D eigenvalue weighted by Gasteiger charge is 2.20. The molecule has 0 atom stereocenters. The van der Waals surface area contributed by atoms with Gasteiger partial charge in [-0.25, -0.2) is 4.99 Å². The second-order valence-electron chi connectivity index (χ2n) is 6.81. The Kier molecular flexibility index (Phi) is 5.78. The molecule has 2 fully saturated rings. The molecule has 0 unspecified atom stereocenters. The molecule has 4 heteroatoms. The van der Waals surface area contributed by atoms with Gasteiger partial charge in [-0.05, 0) is 38.2 Å². The molecule has 3 rings (SSSR count). The topological polar surface area (TPSA) is 59.6 Å². The quantitative estimate of drug-likeness (QED) is 0.494. The first-order valence-corrected chi connectivity index (χ1v) is 9.12. The summed E-state index contributed by atoms with van der Waals surface area (Å²) in [5, 5.41) is 3.40. The van der Waals surface area contributed by atoms with Crippen LogP contribution in [0.15, 0.2) is 29.3 Å². The maximum atomic E-state index is 6.09. The van der Waals surface area contributed by atoms with Gasteiger partial charge in [-0.15, -0.1) is 0 Å². The third-order valence-electron chi connectivity index (χ3n) is 4.95. The fraction of sp³-hybridized carbons (Fsp3) is 0.632. The molecule has 0 heterocycles. The number of nitrogens with one attached hydrogen (secondary N) is 1. The maximum Gasteiger partial charge on any atom is 0.189 e. The highest BCUT2D eigenvalue weighted by atomic mass is 16.5. The number of guanidine groups is 1. The van der Waals surface area contributed by atoms with Crippen LogP contribution >= 0.6 is 0 Å². The van der Waals surface area contributed by atoms with Crippen molar-refractivity contribution in [1.29, 1.82) is 0 Å². The van der Waals surface area contributed by atoms with E-state index in [1.54, 1.807) is 0 Å². The summed E-state index contributed by atoms with van der Waals surface area (Å²) in [6.45, 7) is 0.578. The normalized spacial score (nSPS) is 20.6. The van der Waals surface area contributed by atoms with E-state index >= 15 is 0 Å². The lowest BCUT2D eigenvalue weighted by atomic mass is 9.96. The minimum absolute atomic E-state index is 0.390. The van der Waals surface area contributed by atoms with Gasteiger partial charge in [0.05, 0.1) is 12.6 Å². The van der Waals surface area contributed by atoms with E-state index in [1.165, 1.54) is 57.8 Å². The summed E-state index contributed by atoms with van der Waals surface area (Å²) in [5.74, 6) is 1.53. The number of hydrogen-bond acceptors (Lipinski definition) is 2. The maximum absolute atomic E-state index is 6.09. The molecule has 0 bridgehead atoms. The molecule has 1 aromatic rings. The molecule has 0 amide bonds. The van der Waals surface area contributed by atoms with Crippen molar-refractivity contribution in [3.63, 3.8) is 0 Å². The van der Waals surface area contributed by atoms with Gasteiger partial charge >= 0.3 is 0 Å². The van der Waals surface area contributed by atoms with Crippen LogP contribution in [0.4, 0.5) is 0 Å². The summed E-state index contributed by atoms with van der Waals surface area (Å²) >= 11 is 0. The van der Waals surface area contributed by atoms with Crippen molar-refractivity contribution < 1.29 is 4.74 Å². The Morgan fingerprint density at radius 3 is 2.48 bits per heavy atom. The Morgan fingerprint density at radius 1 is 1.04 bits per heavy atom. The van der Waals surface area contributed by atoms with Crippen LogP contribution < -0.4 is 15.8 Å². The second kappa shape index (κ2) is 8.23. The molecule has 0 aromatic heterocycles. The molecule has 0 radical (unpaired) electrons. The Hall–Kier alpha value is -1.71. The molecule has 2 aliphatic carbocycles. The molecule has 126 valence electrons. The van der Waals surface area contributed by atoms with Gasteiger partial charge < -0.3 is 15.8 Å². The molecule has 2 saturated carbocycles. The molecule has 23 heavy (non-hydrogen) atoms. The number of benzene rings is 1. The number of rotatable bonds is 5. The predicted molar refractivity (Wildman–Crippen MR) is 94.7 cm³/mol. The van der Waals surface area contributed by atoms with E-state index in [4.69, 9.17) is 10.5 Å². The summed E-state index contributed by atoms with van der Waals surface area (Å²) in [4.78, 5) is 4.53. The number of ether oxygens (including phenoxy) is 1. The van der Waals surface area contributed by atoms with E-state index in [-0.39, 0.29) is 0 Å². The van der Waals surface area contributed by atoms with E-state index < -0.39 is 0 Å². The van der Waals surface area contributed by atoms with Crippen molar-refractivity contribution in [1.82, 2.24) is 5.32 Å². The van der Waals surface area contributed by atoms with Crippen LogP contribution in [0.3, 0.4) is 0 Å². The summed E-state index contributed by atoms with van der Waals surface area (Å²) in [6, 6.07) is 8.67.